The maximum absolute atomic E-state index is 8.25. The number of nitrogens with zero attached hydrogens (tertiary/aromatic N) is 3. The Hall–Kier alpha value is -4.48. The van der Waals surface area contributed by atoms with Gasteiger partial charge in [0, 0.05) is 50.2 Å². The van der Waals surface area contributed by atoms with Crippen LogP contribution in [-0.2, 0) is 38.3 Å². The first kappa shape index (κ1) is 36.6. The summed E-state index contributed by atoms with van der Waals surface area (Å²) in [6.45, 7) is 21.2. The zero-order chi connectivity index (χ0) is 45.2. The van der Waals surface area contributed by atoms with E-state index in [-0.39, 0.29) is 36.5 Å². The molecular weight excluding hydrogens is 907 g/mol. The fourth-order valence-electron chi connectivity index (χ4n) is 7.15. The fraction of sp³-hybridized carbons (Fsp3) is 0.327. The second-order valence-electron chi connectivity index (χ2n) is 18.3. The molecule has 8 rings (SSSR count). The molecule has 301 valence electrons. The van der Waals surface area contributed by atoms with Gasteiger partial charge in [-0.15, -0.1) is 64.9 Å². The van der Waals surface area contributed by atoms with Gasteiger partial charge in [-0.2, -0.15) is 0 Å². The summed E-state index contributed by atoms with van der Waals surface area (Å²) in [5, 5.41) is 3.27. The number of furan rings is 1. The van der Waals surface area contributed by atoms with E-state index in [1.807, 2.05) is 26.8 Å². The predicted molar refractivity (Wildman–Crippen MR) is 242 cm³/mol. The molecule has 0 aliphatic heterocycles. The van der Waals surface area contributed by atoms with Gasteiger partial charge < -0.3 is 14.4 Å². The molecule has 4 heterocycles. The molecule has 6 heteroatoms. The van der Waals surface area contributed by atoms with Gasteiger partial charge in [0.1, 0.15) is 11.1 Å². The minimum atomic E-state index is -2.14. The Labute approximate surface area is 370 Å². The van der Waals surface area contributed by atoms with Gasteiger partial charge in [0.25, 0.3) is 0 Å². The third-order valence-electron chi connectivity index (χ3n) is 9.69. The van der Waals surface area contributed by atoms with Crippen molar-refractivity contribution in [2.75, 3.05) is 0 Å². The van der Waals surface area contributed by atoms with E-state index >= 15 is 0 Å². The van der Waals surface area contributed by atoms with E-state index in [0.717, 1.165) is 54.8 Å². The van der Waals surface area contributed by atoms with E-state index < -0.39 is 18.6 Å². The van der Waals surface area contributed by atoms with Gasteiger partial charge >= 0.3 is 0 Å². The number of hydrogen-bond acceptors (Lipinski definition) is 5. The number of pyridine rings is 2. The number of fused-ring (bicyclic) bond motifs is 5. The van der Waals surface area contributed by atoms with Crippen molar-refractivity contribution in [1.29, 1.82) is 0 Å². The van der Waals surface area contributed by atoms with E-state index in [1.54, 1.807) is 35.6 Å². The number of aryl methyl sites for hydroxylation is 3. The number of thiazole rings is 1. The van der Waals surface area contributed by atoms with Crippen LogP contribution < -0.4 is 0 Å². The molecule has 0 saturated heterocycles. The summed E-state index contributed by atoms with van der Waals surface area (Å²) in [4.78, 5) is 14.3. The molecular formula is C52H55IrN3OS-2. The van der Waals surface area contributed by atoms with Gasteiger partial charge in [0.2, 0.25) is 0 Å². The summed E-state index contributed by atoms with van der Waals surface area (Å²) >= 11 is 1.75. The number of hydrogen-bond donors (Lipinski definition) is 0. The molecule has 0 saturated carbocycles. The van der Waals surface area contributed by atoms with E-state index in [2.05, 4.69) is 121 Å². The minimum absolute atomic E-state index is 0. The van der Waals surface area contributed by atoms with Crippen LogP contribution in [0.2, 0.25) is 0 Å². The first-order chi connectivity index (χ1) is 28.8. The minimum Gasteiger partial charge on any atom is -0.498 e. The first-order valence-corrected chi connectivity index (χ1v) is 20.4. The molecule has 4 nitrogen and oxygen atoms in total. The zero-order valence-corrected chi connectivity index (χ0v) is 38.6. The molecule has 0 spiro atoms. The van der Waals surface area contributed by atoms with Crippen molar-refractivity contribution < 1.29 is 31.4 Å². The maximum Gasteiger partial charge on any atom is 0.148 e. The Bertz CT molecular complexity index is 2890. The van der Waals surface area contributed by atoms with Crippen LogP contribution in [0.4, 0.5) is 0 Å². The molecule has 0 N–H and O–H groups in total. The monoisotopic (exact) mass is 967 g/mol. The SMILES string of the molecule is Cc1cccc(C)c1-c1cc(-c2[c-]ccc3c2oc2c3ccc3sc(C(C)(C)C)nc32)ncc1CC(C)(C)C.[2H]C([2H])([2H])c1c[c-]c(-c2ccc(C([2H])([2H])C(C)(C)C)cn2)cc1.[Ir]. The predicted octanol–water partition coefficient (Wildman–Crippen LogP) is 14.7. The van der Waals surface area contributed by atoms with Gasteiger partial charge in [0.15, 0.2) is 0 Å². The maximum atomic E-state index is 8.25. The smallest absolute Gasteiger partial charge is 0.148 e. The normalized spacial score (nSPS) is 13.9. The summed E-state index contributed by atoms with van der Waals surface area (Å²) in [6, 6.07) is 31.7. The molecule has 8 aromatic rings. The molecule has 58 heavy (non-hydrogen) atoms. The van der Waals surface area contributed by atoms with Crippen molar-refractivity contribution in [3.05, 3.63) is 136 Å². The van der Waals surface area contributed by atoms with E-state index in [4.69, 9.17) is 21.2 Å². The van der Waals surface area contributed by atoms with Crippen molar-refractivity contribution >= 4 is 43.5 Å². The van der Waals surface area contributed by atoms with Crippen LogP contribution >= 0.6 is 11.3 Å². The fourth-order valence-corrected chi connectivity index (χ4v) is 8.17. The van der Waals surface area contributed by atoms with Crippen molar-refractivity contribution in [1.82, 2.24) is 15.0 Å². The Morgan fingerprint density at radius 1 is 0.776 bits per heavy atom. The summed E-state index contributed by atoms with van der Waals surface area (Å²) in [5.74, 6) is 0. The third kappa shape index (κ3) is 9.52. The largest absolute Gasteiger partial charge is 0.498 e. The molecule has 0 aliphatic carbocycles. The average Bonchev–Trinajstić information content (AvgIpc) is 3.80. The summed E-state index contributed by atoms with van der Waals surface area (Å²) in [5.41, 5.74) is 12.4. The van der Waals surface area contributed by atoms with Gasteiger partial charge in [-0.1, -0.05) is 123 Å². The quantitative estimate of drug-likeness (QED) is 0.161. The van der Waals surface area contributed by atoms with Crippen LogP contribution in [0.3, 0.4) is 0 Å². The van der Waals surface area contributed by atoms with E-state index in [9.17, 15) is 0 Å². The Morgan fingerprint density at radius 3 is 2.12 bits per heavy atom. The van der Waals surface area contributed by atoms with Gasteiger partial charge in [-0.05, 0) is 88.3 Å². The summed E-state index contributed by atoms with van der Waals surface area (Å²) in [6.07, 6.45) is 3.05. The zero-order valence-electron chi connectivity index (χ0n) is 40.4. The standard InChI is InChI=1S/C35H35N2OS.C17H20N.Ir/c1-20-11-9-12-21(2)29(20)26-17-27(36-19-22(26)18-34(3,4)5)25-14-10-13-23-24-15-16-28-30(32(24)38-31(23)25)37-33(39-28)35(6,7)8;1-13-5-8-15(9-6-13)16-10-7-14(12-18-16)11-17(2,3)4;/h9-13,15-17,19H,18H2,1-8H3;5-8,10,12H,11H2,1-4H3;/q2*-1;/i;1D3,11D2;. The Morgan fingerprint density at radius 2 is 1.50 bits per heavy atom. The van der Waals surface area contributed by atoms with Crippen LogP contribution in [0.1, 0.15) is 102 Å². The summed E-state index contributed by atoms with van der Waals surface area (Å²) < 4.78 is 46.4. The number of benzene rings is 4. The number of rotatable bonds is 5. The van der Waals surface area contributed by atoms with Crippen molar-refractivity contribution in [2.45, 2.75) is 101 Å². The van der Waals surface area contributed by atoms with Crippen molar-refractivity contribution in [2.24, 2.45) is 10.8 Å². The molecule has 1 radical (unpaired) electrons. The van der Waals surface area contributed by atoms with Crippen LogP contribution in [0.15, 0.2) is 95.7 Å². The topological polar surface area (TPSA) is 51.8 Å². The molecule has 0 fully saturated rings. The Balaban J connectivity index is 0.000000236. The second kappa shape index (κ2) is 16.6. The molecule has 0 bridgehead atoms. The van der Waals surface area contributed by atoms with Gasteiger partial charge in [0.05, 0.1) is 15.3 Å². The van der Waals surface area contributed by atoms with Crippen molar-refractivity contribution in [3.63, 3.8) is 0 Å². The molecule has 0 unspecified atom stereocenters. The van der Waals surface area contributed by atoms with Crippen LogP contribution in [-0.4, -0.2) is 15.0 Å². The van der Waals surface area contributed by atoms with Crippen molar-refractivity contribution in [3.8, 4) is 33.6 Å². The van der Waals surface area contributed by atoms with Gasteiger partial charge in [-0.25, -0.2) is 4.98 Å². The molecule has 0 atom stereocenters. The third-order valence-corrected chi connectivity index (χ3v) is 11.1. The van der Waals surface area contributed by atoms with E-state index in [0.29, 0.717) is 16.8 Å². The van der Waals surface area contributed by atoms with Gasteiger partial charge in [-0.3, -0.25) is 0 Å². The number of aromatic nitrogens is 3. The first-order valence-electron chi connectivity index (χ1n) is 22.1. The Kier molecular flexibility index (Phi) is 10.5. The average molecular weight is 967 g/mol. The molecule has 0 aliphatic rings. The summed E-state index contributed by atoms with van der Waals surface area (Å²) in [7, 11) is 0. The van der Waals surface area contributed by atoms with Crippen LogP contribution in [0.5, 0.6) is 0 Å². The molecule has 0 amide bonds. The second-order valence-corrected chi connectivity index (χ2v) is 19.3. The molecule has 4 aromatic carbocycles. The van der Waals surface area contributed by atoms with Crippen LogP contribution in [0.25, 0.3) is 65.8 Å². The van der Waals surface area contributed by atoms with E-state index in [1.165, 1.54) is 40.1 Å². The van der Waals surface area contributed by atoms with Crippen LogP contribution in [0, 0.1) is 43.7 Å². The molecule has 4 aromatic heterocycles.